The number of rotatable bonds is 3. The lowest BCUT2D eigenvalue weighted by atomic mass is 9.69. The van der Waals surface area contributed by atoms with E-state index in [9.17, 15) is 19.0 Å². The van der Waals surface area contributed by atoms with Crippen LogP contribution in [0.4, 0.5) is 8.78 Å². The number of fused-ring (bicyclic) bond motifs is 1. The number of methoxy groups -OCH3 is 1. The standard InChI is InChI=1S/C11H12BF2NO4S/c1-9(15,16)10(12,17)5-3-6(18-2)8-7(4-5)19-11(13,14)20-8/h3-4,16-17H,15H2,1-2H3. The fraction of sp³-hybridized carbons (Fsp3) is 0.455. The molecule has 1 aromatic carbocycles. The highest BCUT2D eigenvalue weighted by Gasteiger charge is 2.46. The second kappa shape index (κ2) is 4.49. The van der Waals surface area contributed by atoms with Gasteiger partial charge in [-0.05, 0) is 24.6 Å². The third kappa shape index (κ3) is 2.46. The van der Waals surface area contributed by atoms with Crippen molar-refractivity contribution in [3.63, 3.8) is 0 Å². The maximum atomic E-state index is 13.2. The van der Waals surface area contributed by atoms with Crippen molar-refractivity contribution < 1.29 is 28.5 Å². The molecule has 0 amide bonds. The number of benzene rings is 1. The van der Waals surface area contributed by atoms with Crippen LogP contribution < -0.4 is 15.2 Å². The fourth-order valence-electron chi connectivity index (χ4n) is 1.68. The topological polar surface area (TPSA) is 84.9 Å². The Kier molecular flexibility index (Phi) is 3.45. The minimum Gasteiger partial charge on any atom is -0.495 e. The molecule has 0 saturated carbocycles. The summed E-state index contributed by atoms with van der Waals surface area (Å²) in [6, 6.07) is 2.31. The number of ether oxygens (including phenoxy) is 2. The molecule has 2 rings (SSSR count). The van der Waals surface area contributed by atoms with E-state index in [0.29, 0.717) is 0 Å². The molecule has 108 valence electrons. The average molecular weight is 303 g/mol. The predicted octanol–water partition coefficient (Wildman–Crippen LogP) is 0.711. The molecule has 1 heterocycles. The van der Waals surface area contributed by atoms with Crippen molar-refractivity contribution in [3.8, 4) is 11.5 Å². The molecule has 9 heteroatoms. The van der Waals surface area contributed by atoms with Gasteiger partial charge in [-0.15, -0.1) is 0 Å². The van der Waals surface area contributed by atoms with Gasteiger partial charge in [0.25, 0.3) is 0 Å². The minimum atomic E-state index is -3.44. The molecule has 0 aliphatic carbocycles. The lowest BCUT2D eigenvalue weighted by Crippen LogP contribution is -2.56. The Morgan fingerprint density at radius 1 is 1.45 bits per heavy atom. The Hall–Kier alpha value is -1.03. The summed E-state index contributed by atoms with van der Waals surface area (Å²) in [7, 11) is 6.85. The Labute approximate surface area is 119 Å². The SMILES string of the molecule is [B]C(O)(c1cc(OC)c2c(c1)OC(F)(F)S2)C(C)(N)O. The third-order valence-electron chi connectivity index (χ3n) is 2.90. The minimum absolute atomic E-state index is 0.0350. The molecule has 1 aliphatic rings. The van der Waals surface area contributed by atoms with Crippen LogP contribution in [-0.2, 0) is 5.50 Å². The molecule has 2 unspecified atom stereocenters. The fourth-order valence-corrected chi connectivity index (χ4v) is 2.50. The number of hydrogen-bond acceptors (Lipinski definition) is 6. The highest BCUT2D eigenvalue weighted by Crippen LogP contribution is 2.54. The lowest BCUT2D eigenvalue weighted by molar-refractivity contribution is -0.0917. The summed E-state index contributed by atoms with van der Waals surface area (Å²) in [5.41, 5.74) is -2.74. The number of halogens is 2. The lowest BCUT2D eigenvalue weighted by Gasteiger charge is -2.36. The number of hydrogen-bond donors (Lipinski definition) is 3. The highest BCUT2D eigenvalue weighted by molar-refractivity contribution is 8.00. The van der Waals surface area contributed by atoms with Gasteiger partial charge in [0.2, 0.25) is 0 Å². The van der Waals surface area contributed by atoms with Gasteiger partial charge in [-0.2, -0.15) is 8.78 Å². The van der Waals surface area contributed by atoms with E-state index in [1.54, 1.807) is 0 Å². The Morgan fingerprint density at radius 3 is 2.55 bits per heavy atom. The zero-order valence-corrected chi connectivity index (χ0v) is 11.5. The van der Waals surface area contributed by atoms with Crippen LogP contribution in [0.5, 0.6) is 11.5 Å². The molecule has 5 nitrogen and oxygen atoms in total. The van der Waals surface area contributed by atoms with Gasteiger partial charge >= 0.3 is 5.44 Å². The number of nitrogens with two attached hydrogens (primary N) is 1. The van der Waals surface area contributed by atoms with Gasteiger partial charge in [0.15, 0.2) is 0 Å². The van der Waals surface area contributed by atoms with E-state index in [1.165, 1.54) is 13.2 Å². The number of alkyl halides is 2. The van der Waals surface area contributed by atoms with E-state index >= 15 is 0 Å². The average Bonchev–Trinajstić information content (AvgIpc) is 2.59. The van der Waals surface area contributed by atoms with Crippen molar-refractivity contribution >= 4 is 19.6 Å². The first-order valence-corrected chi connectivity index (χ1v) is 6.30. The van der Waals surface area contributed by atoms with Crippen molar-refractivity contribution in [3.05, 3.63) is 17.7 Å². The van der Waals surface area contributed by atoms with E-state index in [2.05, 4.69) is 4.74 Å². The van der Waals surface area contributed by atoms with Crippen LogP contribution in [0.3, 0.4) is 0 Å². The van der Waals surface area contributed by atoms with Crippen LogP contribution in [0, 0.1) is 0 Å². The van der Waals surface area contributed by atoms with E-state index < -0.39 is 16.7 Å². The van der Waals surface area contributed by atoms with Crippen molar-refractivity contribution in [1.29, 1.82) is 0 Å². The van der Waals surface area contributed by atoms with E-state index in [1.807, 2.05) is 0 Å². The zero-order chi connectivity index (χ0) is 15.3. The second-order valence-electron chi connectivity index (χ2n) is 4.59. The zero-order valence-electron chi connectivity index (χ0n) is 10.7. The van der Waals surface area contributed by atoms with Crippen LogP contribution in [0.2, 0.25) is 0 Å². The molecule has 4 N–H and O–H groups in total. The molecule has 20 heavy (non-hydrogen) atoms. The molecule has 0 bridgehead atoms. The molecule has 1 aliphatic heterocycles. The van der Waals surface area contributed by atoms with Crippen LogP contribution >= 0.6 is 11.8 Å². The van der Waals surface area contributed by atoms with Crippen molar-refractivity contribution in [2.24, 2.45) is 5.73 Å². The maximum Gasteiger partial charge on any atom is 0.457 e. The third-order valence-corrected chi connectivity index (χ3v) is 3.83. The molecular formula is C11H12BF2NO4S. The van der Waals surface area contributed by atoms with Gasteiger partial charge < -0.3 is 25.4 Å². The quantitative estimate of drug-likeness (QED) is 0.563. The number of thioether (sulfide) groups is 1. The Morgan fingerprint density at radius 2 is 2.05 bits per heavy atom. The molecule has 0 saturated heterocycles. The van der Waals surface area contributed by atoms with Crippen LogP contribution in [0.15, 0.2) is 17.0 Å². The molecule has 1 aromatic rings. The van der Waals surface area contributed by atoms with Crippen molar-refractivity contribution in [2.45, 2.75) is 28.5 Å². The highest BCUT2D eigenvalue weighted by atomic mass is 32.2. The summed E-state index contributed by atoms with van der Waals surface area (Å²) >= 11 is 0.175. The summed E-state index contributed by atoms with van der Waals surface area (Å²) in [6.07, 6.45) is 0. The summed E-state index contributed by atoms with van der Waals surface area (Å²) in [4.78, 5) is 0.0775. The smallest absolute Gasteiger partial charge is 0.457 e. The van der Waals surface area contributed by atoms with Crippen LogP contribution in [0.25, 0.3) is 0 Å². The van der Waals surface area contributed by atoms with Crippen LogP contribution in [-0.4, -0.2) is 36.3 Å². The largest absolute Gasteiger partial charge is 0.495 e. The molecule has 0 aromatic heterocycles. The molecular weight excluding hydrogens is 291 g/mol. The summed E-state index contributed by atoms with van der Waals surface area (Å²) in [6.45, 7) is 1.08. The molecule has 0 spiro atoms. The summed E-state index contributed by atoms with van der Waals surface area (Å²) in [5.74, 6) is -0.171. The predicted molar refractivity (Wildman–Crippen MR) is 68.9 cm³/mol. The summed E-state index contributed by atoms with van der Waals surface area (Å²) in [5, 5.41) is 19.8. The van der Waals surface area contributed by atoms with Crippen molar-refractivity contribution in [2.75, 3.05) is 7.11 Å². The maximum absolute atomic E-state index is 13.2. The molecule has 0 fully saturated rings. The Bertz CT molecular complexity index is 548. The van der Waals surface area contributed by atoms with Gasteiger partial charge in [-0.3, -0.25) is 0 Å². The molecule has 2 radical (unpaired) electrons. The molecule has 2 atom stereocenters. The van der Waals surface area contributed by atoms with E-state index in [4.69, 9.17) is 18.3 Å². The van der Waals surface area contributed by atoms with Gasteiger partial charge in [0, 0.05) is 11.8 Å². The van der Waals surface area contributed by atoms with E-state index in [0.717, 1.165) is 13.0 Å². The van der Waals surface area contributed by atoms with Gasteiger partial charge in [-0.1, -0.05) is 0 Å². The van der Waals surface area contributed by atoms with Gasteiger partial charge in [0.1, 0.15) is 30.0 Å². The van der Waals surface area contributed by atoms with E-state index in [-0.39, 0.29) is 33.7 Å². The first-order chi connectivity index (χ1) is 8.98. The number of aliphatic hydroxyl groups is 2. The van der Waals surface area contributed by atoms with Gasteiger partial charge in [0.05, 0.1) is 12.6 Å². The summed E-state index contributed by atoms with van der Waals surface area (Å²) < 4.78 is 35.9. The van der Waals surface area contributed by atoms with Crippen molar-refractivity contribution in [1.82, 2.24) is 0 Å². The Balaban J connectivity index is 2.56. The first-order valence-electron chi connectivity index (χ1n) is 5.49. The monoisotopic (exact) mass is 303 g/mol. The second-order valence-corrected chi connectivity index (χ2v) is 5.67. The normalized spacial score (nSPS) is 22.4. The van der Waals surface area contributed by atoms with Gasteiger partial charge in [-0.25, -0.2) is 0 Å². The first kappa shape index (κ1) is 15.4. The van der Waals surface area contributed by atoms with Crippen LogP contribution in [0.1, 0.15) is 12.5 Å².